The number of rotatable bonds is 1. The summed E-state index contributed by atoms with van der Waals surface area (Å²) in [5, 5.41) is 21.6. The van der Waals surface area contributed by atoms with Crippen molar-refractivity contribution in [2.24, 2.45) is 0 Å². The van der Waals surface area contributed by atoms with Crippen LogP contribution in [0.1, 0.15) is 48.0 Å². The van der Waals surface area contributed by atoms with E-state index in [4.69, 9.17) is 15.2 Å². The van der Waals surface area contributed by atoms with E-state index in [9.17, 15) is 14.9 Å². The first kappa shape index (κ1) is 40.2. The Hall–Kier alpha value is -6.48. The molecule has 0 saturated heterocycles. The monoisotopic (exact) mass is 818 g/mol. The number of benzene rings is 2. The number of alkyl halides is 1. The third-order valence-corrected chi connectivity index (χ3v) is 9.46. The highest BCUT2D eigenvalue weighted by molar-refractivity contribution is 9.09. The highest BCUT2D eigenvalue weighted by Crippen LogP contribution is 2.15. The second kappa shape index (κ2) is 19.4. The first-order chi connectivity index (χ1) is 27.7. The van der Waals surface area contributed by atoms with Gasteiger partial charge in [-0.3, -0.25) is 23.6 Å². The molecular weight excluding hydrogens is 780 g/mol. The van der Waals surface area contributed by atoms with Gasteiger partial charge in [-0.1, -0.05) is 39.9 Å². The van der Waals surface area contributed by atoms with Crippen molar-refractivity contribution in [3.8, 4) is 35.8 Å². The number of aromatic nitrogens is 6. The summed E-state index contributed by atoms with van der Waals surface area (Å²) in [6, 6.07) is 26.3. The Balaban J connectivity index is 0.000000174. The van der Waals surface area contributed by atoms with Crippen LogP contribution in [0.2, 0.25) is 0 Å². The lowest BCUT2D eigenvalue weighted by molar-refractivity contribution is 0.251. The smallest absolute Gasteiger partial charge is 0.261 e. The molecule has 2 aliphatic rings. The molecule has 0 aliphatic carbocycles. The fourth-order valence-corrected chi connectivity index (χ4v) is 6.25. The van der Waals surface area contributed by atoms with Gasteiger partial charge in [-0.25, -0.2) is 19.9 Å². The van der Waals surface area contributed by atoms with Gasteiger partial charge in [-0.15, -0.1) is 0 Å². The SMILES string of the molecule is CC(Br)C#N.CC(C#N)N1CCc2nc3cc(C#Cc4ccccn4)ccc3c(=O)n2CC1.O=c1c2ccc(C#Cc3ccccn3)cc2nc2n1CCNCC2. The van der Waals surface area contributed by atoms with Crippen molar-refractivity contribution >= 4 is 37.7 Å². The summed E-state index contributed by atoms with van der Waals surface area (Å²) in [5.41, 5.74) is 4.41. The zero-order valence-corrected chi connectivity index (χ0v) is 33.2. The summed E-state index contributed by atoms with van der Waals surface area (Å²) in [5.74, 6) is 13.8. The van der Waals surface area contributed by atoms with E-state index in [1.807, 2.05) is 79.7 Å². The topological polar surface area (TPSA) is 158 Å². The lowest BCUT2D eigenvalue weighted by Gasteiger charge is -2.21. The van der Waals surface area contributed by atoms with E-state index in [2.05, 4.69) is 65.9 Å². The molecule has 6 aromatic rings. The number of halogens is 1. The summed E-state index contributed by atoms with van der Waals surface area (Å²) in [6.45, 7) is 7.90. The van der Waals surface area contributed by atoms with Gasteiger partial charge < -0.3 is 5.32 Å². The van der Waals surface area contributed by atoms with E-state index < -0.39 is 0 Å². The van der Waals surface area contributed by atoms with Gasteiger partial charge in [0.1, 0.15) is 23.0 Å². The lowest BCUT2D eigenvalue weighted by atomic mass is 10.1. The van der Waals surface area contributed by atoms with E-state index >= 15 is 0 Å². The lowest BCUT2D eigenvalue weighted by Crippen LogP contribution is -2.35. The van der Waals surface area contributed by atoms with Crippen molar-refractivity contribution < 1.29 is 0 Å². The van der Waals surface area contributed by atoms with Gasteiger partial charge >= 0.3 is 0 Å². The molecule has 0 fully saturated rings. The summed E-state index contributed by atoms with van der Waals surface area (Å²) >= 11 is 3.01. The van der Waals surface area contributed by atoms with Gasteiger partial charge in [-0.2, -0.15) is 10.5 Å². The average molecular weight is 820 g/mol. The minimum absolute atomic E-state index is 0.00231. The van der Waals surface area contributed by atoms with Crippen LogP contribution in [0, 0.1) is 46.3 Å². The third-order valence-electron chi connectivity index (χ3n) is 9.25. The molecule has 57 heavy (non-hydrogen) atoms. The van der Waals surface area contributed by atoms with Crippen LogP contribution in [0.15, 0.2) is 94.8 Å². The van der Waals surface area contributed by atoms with Crippen molar-refractivity contribution in [2.45, 2.75) is 50.6 Å². The number of pyridine rings is 2. The molecule has 1 N–H and O–H groups in total. The molecule has 0 saturated carbocycles. The number of hydrogen-bond donors (Lipinski definition) is 1. The van der Waals surface area contributed by atoms with Crippen molar-refractivity contribution in [1.82, 2.24) is 39.3 Å². The van der Waals surface area contributed by atoms with Gasteiger partial charge in [-0.05, 0) is 86.4 Å². The maximum absolute atomic E-state index is 13.0. The maximum Gasteiger partial charge on any atom is 0.261 e. The standard InChI is InChI=1S/C22H19N5O.C19H16N4O.C3H4BrN/c1-16(15-23)26-11-9-21-25-20-14-17(5-7-18-4-2-3-10-24-18)6-8-19(20)22(28)27(21)13-12-26;24-19-16-7-5-14(4-6-15-3-1-2-9-21-15)13-17(16)22-18-8-10-20-11-12-23(18)19;1-3(4)2-5/h2-4,6,8,10,14,16H,9,11-13H2,1H3;1-3,5,7,9,13,20H,8,10-12H2;3H,1H3. The van der Waals surface area contributed by atoms with E-state index in [0.29, 0.717) is 60.1 Å². The van der Waals surface area contributed by atoms with Crippen molar-refractivity contribution in [3.63, 3.8) is 0 Å². The first-order valence-electron chi connectivity index (χ1n) is 18.5. The molecule has 0 radical (unpaired) electrons. The summed E-state index contributed by atoms with van der Waals surface area (Å²) < 4.78 is 3.52. The normalized spacial score (nSPS) is 14.3. The summed E-state index contributed by atoms with van der Waals surface area (Å²) in [4.78, 5) is 45.5. The Labute approximate surface area is 339 Å². The zero-order valence-electron chi connectivity index (χ0n) is 31.6. The number of hydrogen-bond acceptors (Lipinski definition) is 10. The quantitative estimate of drug-likeness (QED) is 0.184. The molecule has 2 atom stereocenters. The van der Waals surface area contributed by atoms with Crippen LogP contribution in [0.3, 0.4) is 0 Å². The van der Waals surface area contributed by atoms with Crippen molar-refractivity contribution in [3.05, 3.63) is 140 Å². The minimum atomic E-state index is -0.173. The minimum Gasteiger partial charge on any atom is -0.315 e. The number of nitrogens with zero attached hydrogens (tertiary/aromatic N) is 9. The molecule has 2 aromatic carbocycles. The molecule has 284 valence electrons. The third kappa shape index (κ3) is 10.4. The van der Waals surface area contributed by atoms with Crippen LogP contribution in [-0.2, 0) is 25.9 Å². The van der Waals surface area contributed by atoms with Crippen LogP contribution >= 0.6 is 15.9 Å². The van der Waals surface area contributed by atoms with Gasteiger partial charge in [0.15, 0.2) is 0 Å². The predicted octanol–water partition coefficient (Wildman–Crippen LogP) is 4.59. The Bertz CT molecular complexity index is 2710. The van der Waals surface area contributed by atoms with Crippen molar-refractivity contribution in [1.29, 1.82) is 10.5 Å². The average Bonchev–Trinajstić information content (AvgIpc) is 3.62. The number of nitrogens with one attached hydrogen (secondary N) is 1. The summed E-state index contributed by atoms with van der Waals surface area (Å²) in [6.07, 6.45) is 4.82. The van der Waals surface area contributed by atoms with E-state index in [0.717, 1.165) is 48.0 Å². The zero-order chi connectivity index (χ0) is 40.1. The van der Waals surface area contributed by atoms with E-state index in [-0.39, 0.29) is 22.0 Å². The highest BCUT2D eigenvalue weighted by Gasteiger charge is 2.21. The van der Waals surface area contributed by atoms with Crippen LogP contribution in [0.4, 0.5) is 0 Å². The van der Waals surface area contributed by atoms with Crippen molar-refractivity contribution in [2.75, 3.05) is 26.2 Å². The van der Waals surface area contributed by atoms with Gasteiger partial charge in [0.05, 0.1) is 44.8 Å². The Morgan fingerprint density at radius 2 is 1.21 bits per heavy atom. The van der Waals surface area contributed by atoms with Gasteiger partial charge in [0.25, 0.3) is 11.1 Å². The molecule has 2 aliphatic heterocycles. The molecule has 0 bridgehead atoms. The fourth-order valence-electron chi connectivity index (χ4n) is 6.25. The maximum atomic E-state index is 13.0. The largest absolute Gasteiger partial charge is 0.315 e. The Morgan fingerprint density at radius 3 is 1.72 bits per heavy atom. The van der Waals surface area contributed by atoms with Gasteiger partial charge in [0, 0.05) is 75.6 Å². The molecule has 12 nitrogen and oxygen atoms in total. The van der Waals surface area contributed by atoms with E-state index in [1.54, 1.807) is 34.5 Å². The summed E-state index contributed by atoms with van der Waals surface area (Å²) in [7, 11) is 0. The van der Waals surface area contributed by atoms with Crippen LogP contribution in [-0.4, -0.2) is 71.0 Å². The fraction of sp³-hybridized carbons (Fsp3) is 0.273. The molecular formula is C44H39BrN10O2. The second-order valence-electron chi connectivity index (χ2n) is 13.2. The number of nitriles is 2. The molecule has 8 rings (SSSR count). The second-order valence-corrected chi connectivity index (χ2v) is 14.6. The molecule has 0 spiro atoms. The molecule has 2 unspecified atom stereocenters. The van der Waals surface area contributed by atoms with Gasteiger partial charge in [0.2, 0.25) is 0 Å². The first-order valence-corrected chi connectivity index (χ1v) is 19.5. The number of fused-ring (bicyclic) bond motifs is 4. The van der Waals surface area contributed by atoms with Crippen LogP contribution in [0.5, 0.6) is 0 Å². The predicted molar refractivity (Wildman–Crippen MR) is 223 cm³/mol. The molecule has 0 amide bonds. The molecule has 13 heteroatoms. The van der Waals surface area contributed by atoms with E-state index in [1.165, 1.54) is 0 Å². The van der Waals surface area contributed by atoms with Crippen LogP contribution in [0.25, 0.3) is 21.8 Å². The van der Waals surface area contributed by atoms with Crippen LogP contribution < -0.4 is 16.4 Å². The molecule has 6 heterocycles. The molecule has 4 aromatic heterocycles. The Morgan fingerprint density at radius 1 is 0.667 bits per heavy atom. The highest BCUT2D eigenvalue weighted by atomic mass is 79.9. The Kier molecular flexibility index (Phi) is 13.7.